The van der Waals surface area contributed by atoms with Crippen LogP contribution in [0.25, 0.3) is 11.6 Å². The van der Waals surface area contributed by atoms with E-state index in [1.165, 1.54) is 22.3 Å². The third kappa shape index (κ3) is 9.79. The Balaban J connectivity index is 1.30. The second-order valence-corrected chi connectivity index (χ2v) is 10.8. The van der Waals surface area contributed by atoms with Gasteiger partial charge in [0.05, 0.1) is 19.8 Å². The molecule has 0 heterocycles. The second-order valence-electron chi connectivity index (χ2n) is 8.32. The summed E-state index contributed by atoms with van der Waals surface area (Å²) in [5.74, 6) is 4.23. The number of thioether (sulfide) groups is 2. The molecule has 0 unspecified atom stereocenters. The predicted molar refractivity (Wildman–Crippen MR) is 150 cm³/mol. The van der Waals surface area contributed by atoms with E-state index in [-0.39, 0.29) is 5.97 Å². The first-order valence-electron chi connectivity index (χ1n) is 12.2. The molecular formula is C29H36O4S2. The van der Waals surface area contributed by atoms with Crippen LogP contribution in [0.5, 0.6) is 5.75 Å². The Kier molecular flexibility index (Phi) is 12.4. The van der Waals surface area contributed by atoms with Crippen molar-refractivity contribution >= 4 is 41.1 Å². The summed E-state index contributed by atoms with van der Waals surface area (Å²) < 4.78 is 17.0. The van der Waals surface area contributed by atoms with Crippen molar-refractivity contribution in [1.29, 1.82) is 0 Å². The van der Waals surface area contributed by atoms with E-state index in [1.54, 1.807) is 18.7 Å². The van der Waals surface area contributed by atoms with Crippen molar-refractivity contribution in [3.05, 3.63) is 77.4 Å². The fourth-order valence-corrected chi connectivity index (χ4v) is 5.04. The van der Waals surface area contributed by atoms with Gasteiger partial charge >= 0.3 is 5.97 Å². The molecule has 6 heteroatoms. The van der Waals surface area contributed by atoms with Gasteiger partial charge in [0.2, 0.25) is 0 Å². The highest BCUT2D eigenvalue weighted by Crippen LogP contribution is 2.34. The standard InChI is InChI=1S/C29H36O4S2/c1-23(2)29(30)33-17-21-35-19-15-31-14-18-34-20-16-32-28-13-7-11-25-10-6-12-26(22-27(25)28)24-8-4-3-5-9-24/h3-5,7-9,11,13,22H,1,6,10,12,14-21H2,2H3. The molecule has 0 bridgehead atoms. The maximum Gasteiger partial charge on any atom is 0.333 e. The number of allylic oxidation sites excluding steroid dienone is 1. The third-order valence-electron chi connectivity index (χ3n) is 5.55. The van der Waals surface area contributed by atoms with E-state index < -0.39 is 0 Å². The van der Waals surface area contributed by atoms with Crippen molar-refractivity contribution in [2.24, 2.45) is 0 Å². The number of esters is 1. The number of hydrogen-bond donors (Lipinski definition) is 0. The van der Waals surface area contributed by atoms with Crippen molar-refractivity contribution in [3.63, 3.8) is 0 Å². The minimum atomic E-state index is -0.320. The minimum Gasteiger partial charge on any atom is -0.492 e. The molecule has 1 aliphatic carbocycles. The fraction of sp³-hybridized carbons (Fsp3) is 0.414. The van der Waals surface area contributed by atoms with Gasteiger partial charge < -0.3 is 14.2 Å². The first kappa shape index (κ1) is 27.4. The Morgan fingerprint density at radius 1 is 0.886 bits per heavy atom. The number of fused-ring (bicyclic) bond motifs is 1. The van der Waals surface area contributed by atoms with Crippen LogP contribution in [0.3, 0.4) is 0 Å². The number of hydrogen-bond acceptors (Lipinski definition) is 6. The molecule has 0 atom stereocenters. The first-order valence-corrected chi connectivity index (χ1v) is 14.5. The number of carbonyl (C=O) groups is 1. The van der Waals surface area contributed by atoms with Gasteiger partial charge in [0, 0.05) is 34.1 Å². The Hall–Kier alpha value is -2.15. The van der Waals surface area contributed by atoms with E-state index in [9.17, 15) is 4.79 Å². The van der Waals surface area contributed by atoms with E-state index >= 15 is 0 Å². The molecule has 0 amide bonds. The van der Waals surface area contributed by atoms with Gasteiger partial charge in [0.1, 0.15) is 12.4 Å². The van der Waals surface area contributed by atoms with Gasteiger partial charge in [-0.1, -0.05) is 49.0 Å². The number of aryl methyl sites for hydroxylation is 1. The fourth-order valence-electron chi connectivity index (χ4n) is 3.76. The van der Waals surface area contributed by atoms with Crippen molar-refractivity contribution in [3.8, 4) is 5.75 Å². The van der Waals surface area contributed by atoms with E-state index in [2.05, 4.69) is 61.2 Å². The zero-order valence-electron chi connectivity index (χ0n) is 20.6. The molecule has 2 aromatic carbocycles. The van der Waals surface area contributed by atoms with Crippen LogP contribution in [-0.4, -0.2) is 55.4 Å². The molecule has 2 aromatic rings. The summed E-state index contributed by atoms with van der Waals surface area (Å²) in [5.41, 5.74) is 5.74. The summed E-state index contributed by atoms with van der Waals surface area (Å²) in [6, 6.07) is 17.1. The molecule has 35 heavy (non-hydrogen) atoms. The zero-order chi connectivity index (χ0) is 24.7. The Morgan fingerprint density at radius 3 is 2.34 bits per heavy atom. The zero-order valence-corrected chi connectivity index (χ0v) is 22.3. The number of benzene rings is 2. The van der Waals surface area contributed by atoms with Gasteiger partial charge in [0.15, 0.2) is 0 Å². The molecule has 0 saturated heterocycles. The topological polar surface area (TPSA) is 44.8 Å². The molecule has 0 N–H and O–H groups in total. The molecule has 0 aromatic heterocycles. The highest BCUT2D eigenvalue weighted by atomic mass is 32.2. The van der Waals surface area contributed by atoms with Crippen molar-refractivity contribution in [2.45, 2.75) is 26.2 Å². The summed E-state index contributed by atoms with van der Waals surface area (Å²) in [6.07, 6.45) is 5.67. The van der Waals surface area contributed by atoms with Gasteiger partial charge in [-0.15, -0.1) is 0 Å². The molecule has 0 fully saturated rings. The lowest BCUT2D eigenvalue weighted by atomic mass is 10.0. The highest BCUT2D eigenvalue weighted by molar-refractivity contribution is 7.99. The van der Waals surface area contributed by atoms with Gasteiger partial charge in [-0.05, 0) is 55.0 Å². The molecule has 3 rings (SSSR count). The average molecular weight is 513 g/mol. The summed E-state index contributed by atoms with van der Waals surface area (Å²) in [4.78, 5) is 11.3. The molecule has 188 valence electrons. The lowest BCUT2D eigenvalue weighted by molar-refractivity contribution is -0.138. The summed E-state index contributed by atoms with van der Waals surface area (Å²) in [6.45, 7) is 7.77. The van der Waals surface area contributed by atoms with Crippen LogP contribution in [0.4, 0.5) is 0 Å². The van der Waals surface area contributed by atoms with Gasteiger partial charge in [-0.3, -0.25) is 0 Å². The van der Waals surface area contributed by atoms with Gasteiger partial charge in [-0.2, -0.15) is 23.5 Å². The number of carbonyl (C=O) groups excluding carboxylic acids is 1. The Bertz CT molecular complexity index is 972. The number of ether oxygens (including phenoxy) is 3. The van der Waals surface area contributed by atoms with Crippen LogP contribution < -0.4 is 4.74 Å². The lowest BCUT2D eigenvalue weighted by Gasteiger charge is -2.13. The third-order valence-corrected chi connectivity index (χ3v) is 7.37. The van der Waals surface area contributed by atoms with E-state index in [4.69, 9.17) is 14.2 Å². The molecule has 0 aliphatic heterocycles. The monoisotopic (exact) mass is 512 g/mol. The average Bonchev–Trinajstić information content (AvgIpc) is 3.10. The second kappa shape index (κ2) is 15.8. The number of rotatable bonds is 15. The normalized spacial score (nSPS) is 12.9. The Morgan fingerprint density at radius 2 is 1.60 bits per heavy atom. The Labute approximate surface area is 218 Å². The van der Waals surface area contributed by atoms with Crippen LogP contribution in [0.15, 0.2) is 60.7 Å². The summed E-state index contributed by atoms with van der Waals surface area (Å²) in [7, 11) is 0. The molecule has 0 radical (unpaired) electrons. The molecule has 0 spiro atoms. The van der Waals surface area contributed by atoms with Crippen LogP contribution in [-0.2, 0) is 20.7 Å². The van der Waals surface area contributed by atoms with Crippen LogP contribution in [0, 0.1) is 0 Å². The lowest BCUT2D eigenvalue weighted by Crippen LogP contribution is -2.09. The molecule has 0 saturated carbocycles. The SMILES string of the molecule is C=C(C)C(=O)OCCSCCOCCSCCOc1cccc2c1C=C(c1ccccc1)CCC2. The maximum absolute atomic E-state index is 11.3. The van der Waals surface area contributed by atoms with Crippen molar-refractivity contribution in [1.82, 2.24) is 0 Å². The largest absolute Gasteiger partial charge is 0.492 e. The first-order chi connectivity index (χ1) is 17.1. The van der Waals surface area contributed by atoms with E-state index in [0.29, 0.717) is 25.4 Å². The van der Waals surface area contributed by atoms with Gasteiger partial charge in [-0.25, -0.2) is 4.79 Å². The quantitative estimate of drug-likeness (QED) is 0.153. The highest BCUT2D eigenvalue weighted by Gasteiger charge is 2.14. The smallest absolute Gasteiger partial charge is 0.333 e. The molecular weight excluding hydrogens is 476 g/mol. The van der Waals surface area contributed by atoms with Crippen molar-refractivity contribution < 1.29 is 19.0 Å². The van der Waals surface area contributed by atoms with Crippen LogP contribution in [0.2, 0.25) is 0 Å². The van der Waals surface area contributed by atoms with Crippen molar-refractivity contribution in [2.75, 3.05) is 49.4 Å². The van der Waals surface area contributed by atoms with E-state index in [1.807, 2.05) is 11.8 Å². The molecule has 4 nitrogen and oxygen atoms in total. The minimum absolute atomic E-state index is 0.320. The molecule has 1 aliphatic rings. The van der Waals surface area contributed by atoms with E-state index in [0.717, 1.165) is 54.6 Å². The van der Waals surface area contributed by atoms with Crippen LogP contribution in [0.1, 0.15) is 36.5 Å². The van der Waals surface area contributed by atoms with Gasteiger partial charge in [0.25, 0.3) is 0 Å². The summed E-state index contributed by atoms with van der Waals surface area (Å²) >= 11 is 3.58. The maximum atomic E-state index is 11.3. The summed E-state index contributed by atoms with van der Waals surface area (Å²) in [5, 5.41) is 0. The van der Waals surface area contributed by atoms with Crippen LogP contribution >= 0.6 is 23.5 Å². The predicted octanol–water partition coefficient (Wildman–Crippen LogP) is 6.54.